The largest absolute Gasteiger partial charge is 0.338 e. The Morgan fingerprint density at radius 1 is 1.07 bits per heavy atom. The van der Waals surface area contributed by atoms with Crippen LogP contribution in [0.4, 0.5) is 16.2 Å². The van der Waals surface area contributed by atoms with Crippen LogP contribution in [-0.2, 0) is 16.4 Å². The fourth-order valence-electron chi connectivity index (χ4n) is 2.81. The van der Waals surface area contributed by atoms with Crippen LogP contribution in [0.1, 0.15) is 38.2 Å². The van der Waals surface area contributed by atoms with E-state index in [0.29, 0.717) is 35.9 Å². The lowest BCUT2D eigenvalue weighted by Gasteiger charge is -2.12. The predicted molar refractivity (Wildman–Crippen MR) is 123 cm³/mol. The molecule has 30 heavy (non-hydrogen) atoms. The third kappa shape index (κ3) is 7.51. The van der Waals surface area contributed by atoms with E-state index in [0.717, 1.165) is 31.2 Å². The Bertz CT molecular complexity index is 934. The molecule has 2 rings (SSSR count). The maximum atomic E-state index is 12.6. The van der Waals surface area contributed by atoms with Crippen LogP contribution in [0.3, 0.4) is 0 Å². The molecule has 0 aliphatic rings. The van der Waals surface area contributed by atoms with Crippen LogP contribution in [0.15, 0.2) is 47.4 Å². The van der Waals surface area contributed by atoms with Gasteiger partial charge in [0.1, 0.15) is 0 Å². The van der Waals surface area contributed by atoms with Gasteiger partial charge in [-0.05, 0) is 61.3 Å². The number of anilines is 2. The first-order valence-corrected chi connectivity index (χ1v) is 11.9. The van der Waals surface area contributed by atoms with Crippen molar-refractivity contribution < 1.29 is 13.2 Å². The molecule has 0 saturated carbocycles. The van der Waals surface area contributed by atoms with Crippen molar-refractivity contribution in [2.75, 3.05) is 23.1 Å². The van der Waals surface area contributed by atoms with Crippen LogP contribution >= 0.6 is 11.6 Å². The van der Waals surface area contributed by atoms with Gasteiger partial charge in [0.25, 0.3) is 10.0 Å². The summed E-state index contributed by atoms with van der Waals surface area (Å²) in [6, 6.07) is 10.7. The highest BCUT2D eigenvalue weighted by atomic mass is 35.5. The second-order valence-electron chi connectivity index (χ2n) is 6.92. The van der Waals surface area contributed by atoms with Gasteiger partial charge >= 0.3 is 6.03 Å². The van der Waals surface area contributed by atoms with E-state index >= 15 is 0 Å². The van der Waals surface area contributed by atoms with Gasteiger partial charge in [0.15, 0.2) is 0 Å². The van der Waals surface area contributed by atoms with Gasteiger partial charge in [-0.15, -0.1) is 0 Å². The smallest absolute Gasteiger partial charge is 0.319 e. The molecule has 0 saturated heterocycles. The summed E-state index contributed by atoms with van der Waals surface area (Å²) >= 11 is 6.19. The molecule has 0 heterocycles. The summed E-state index contributed by atoms with van der Waals surface area (Å²) in [6.07, 6.45) is 4.96. The van der Waals surface area contributed by atoms with Crippen molar-refractivity contribution in [3.63, 3.8) is 0 Å². The van der Waals surface area contributed by atoms with Gasteiger partial charge in [-0.1, -0.05) is 43.9 Å². The normalized spacial score (nSPS) is 11.2. The highest BCUT2D eigenvalue weighted by Gasteiger charge is 2.16. The monoisotopic (exact) mass is 452 g/mol. The Kier molecular flexibility index (Phi) is 9.42. The SMILES string of the molecule is CCCCCCNC(=O)Nc1ccc(S(=O)(=O)Nc2ccc(CCN)cc2Cl)cc1. The summed E-state index contributed by atoms with van der Waals surface area (Å²) in [4.78, 5) is 12.0. The highest BCUT2D eigenvalue weighted by Crippen LogP contribution is 2.26. The summed E-state index contributed by atoms with van der Waals surface area (Å²) in [6.45, 7) is 3.22. The van der Waals surface area contributed by atoms with Gasteiger partial charge in [0.05, 0.1) is 15.6 Å². The number of sulfonamides is 1. The van der Waals surface area contributed by atoms with Gasteiger partial charge in [0.2, 0.25) is 0 Å². The zero-order chi connectivity index (χ0) is 22.0. The summed E-state index contributed by atoms with van der Waals surface area (Å²) in [5.41, 5.74) is 7.26. The number of benzene rings is 2. The molecule has 2 aromatic carbocycles. The van der Waals surface area contributed by atoms with Crippen molar-refractivity contribution in [1.29, 1.82) is 0 Å². The number of rotatable bonds is 11. The van der Waals surface area contributed by atoms with E-state index in [4.69, 9.17) is 17.3 Å². The Hall–Kier alpha value is -2.29. The van der Waals surface area contributed by atoms with E-state index < -0.39 is 10.0 Å². The molecular weight excluding hydrogens is 424 g/mol. The Morgan fingerprint density at radius 2 is 1.80 bits per heavy atom. The van der Waals surface area contributed by atoms with Crippen molar-refractivity contribution in [1.82, 2.24) is 5.32 Å². The molecule has 9 heteroatoms. The third-order valence-electron chi connectivity index (χ3n) is 4.45. The standard InChI is InChI=1S/C21H29ClN4O3S/c1-2-3-4-5-14-24-21(27)25-17-7-9-18(10-8-17)30(28,29)26-20-11-6-16(12-13-23)15-19(20)22/h6-11,15,26H,2-5,12-14,23H2,1H3,(H2,24,25,27). The Labute approximate surface area is 183 Å². The maximum Gasteiger partial charge on any atom is 0.319 e. The molecule has 0 aliphatic carbocycles. The molecule has 0 unspecified atom stereocenters. The number of amides is 2. The minimum absolute atomic E-state index is 0.0649. The van der Waals surface area contributed by atoms with Gasteiger partial charge in [-0.3, -0.25) is 4.72 Å². The molecule has 0 atom stereocenters. The first kappa shape index (κ1) is 24.0. The van der Waals surface area contributed by atoms with E-state index in [1.54, 1.807) is 18.2 Å². The quantitative estimate of drug-likeness (QED) is 0.379. The second-order valence-corrected chi connectivity index (χ2v) is 9.01. The van der Waals surface area contributed by atoms with E-state index in [2.05, 4.69) is 22.3 Å². The molecule has 164 valence electrons. The average molecular weight is 453 g/mol. The number of unbranched alkanes of at least 4 members (excludes halogenated alkanes) is 3. The summed E-state index contributed by atoms with van der Waals surface area (Å²) in [5.74, 6) is 0. The van der Waals surface area contributed by atoms with Gasteiger partial charge in [0, 0.05) is 12.2 Å². The van der Waals surface area contributed by atoms with E-state index in [9.17, 15) is 13.2 Å². The summed E-state index contributed by atoms with van der Waals surface area (Å²) in [7, 11) is -3.82. The third-order valence-corrected chi connectivity index (χ3v) is 6.14. The zero-order valence-electron chi connectivity index (χ0n) is 17.1. The Balaban J connectivity index is 1.95. The topological polar surface area (TPSA) is 113 Å². The van der Waals surface area contributed by atoms with Gasteiger partial charge in [-0.2, -0.15) is 0 Å². The number of urea groups is 1. The molecule has 5 N–H and O–H groups in total. The van der Waals surface area contributed by atoms with Crippen molar-refractivity contribution in [3.05, 3.63) is 53.1 Å². The molecule has 7 nitrogen and oxygen atoms in total. The molecule has 2 amide bonds. The van der Waals surface area contributed by atoms with E-state index in [1.165, 1.54) is 24.3 Å². The molecular formula is C21H29ClN4O3S. The maximum absolute atomic E-state index is 12.6. The van der Waals surface area contributed by atoms with Crippen LogP contribution in [0.5, 0.6) is 0 Å². The second kappa shape index (κ2) is 11.8. The minimum Gasteiger partial charge on any atom is -0.338 e. The van der Waals surface area contributed by atoms with Gasteiger partial charge < -0.3 is 16.4 Å². The lowest BCUT2D eigenvalue weighted by molar-refractivity contribution is 0.252. The summed E-state index contributed by atoms with van der Waals surface area (Å²) < 4.78 is 27.8. The lowest BCUT2D eigenvalue weighted by Crippen LogP contribution is -2.29. The van der Waals surface area contributed by atoms with E-state index in [1.807, 2.05) is 0 Å². The van der Waals surface area contributed by atoms with Crippen LogP contribution in [-0.4, -0.2) is 27.5 Å². The minimum atomic E-state index is -3.82. The number of nitrogens with two attached hydrogens (primary N) is 1. The fourth-order valence-corrected chi connectivity index (χ4v) is 4.20. The van der Waals surface area contributed by atoms with Crippen LogP contribution < -0.4 is 21.1 Å². The molecule has 0 fully saturated rings. The van der Waals surface area contributed by atoms with Crippen molar-refractivity contribution in [2.45, 2.75) is 43.9 Å². The molecule has 0 radical (unpaired) electrons. The summed E-state index contributed by atoms with van der Waals surface area (Å²) in [5, 5.41) is 5.78. The molecule has 0 aromatic heterocycles. The van der Waals surface area contributed by atoms with Crippen molar-refractivity contribution >= 4 is 39.0 Å². The number of hydrogen-bond donors (Lipinski definition) is 4. The van der Waals surface area contributed by atoms with Crippen molar-refractivity contribution in [3.8, 4) is 0 Å². The van der Waals surface area contributed by atoms with Gasteiger partial charge in [-0.25, -0.2) is 13.2 Å². The molecule has 0 bridgehead atoms. The average Bonchev–Trinajstić information content (AvgIpc) is 2.70. The number of hydrogen-bond acceptors (Lipinski definition) is 4. The zero-order valence-corrected chi connectivity index (χ0v) is 18.7. The van der Waals surface area contributed by atoms with Crippen LogP contribution in [0.2, 0.25) is 5.02 Å². The fraction of sp³-hybridized carbons (Fsp3) is 0.381. The lowest BCUT2D eigenvalue weighted by atomic mass is 10.1. The van der Waals surface area contributed by atoms with E-state index in [-0.39, 0.29) is 10.9 Å². The first-order chi connectivity index (χ1) is 14.4. The molecule has 0 aliphatic heterocycles. The van der Waals surface area contributed by atoms with Crippen LogP contribution in [0, 0.1) is 0 Å². The first-order valence-electron chi connectivity index (χ1n) is 10.0. The Morgan fingerprint density at radius 3 is 2.43 bits per heavy atom. The van der Waals surface area contributed by atoms with Crippen LogP contribution in [0.25, 0.3) is 0 Å². The molecule has 0 spiro atoms. The number of carbonyl (C=O) groups is 1. The number of nitrogens with one attached hydrogen (secondary N) is 3. The molecule has 2 aromatic rings. The highest BCUT2D eigenvalue weighted by molar-refractivity contribution is 7.92. The predicted octanol–water partition coefficient (Wildman–Crippen LogP) is 4.34. The van der Waals surface area contributed by atoms with Crippen molar-refractivity contribution in [2.24, 2.45) is 5.73 Å². The number of carbonyl (C=O) groups excluding carboxylic acids is 1. The number of halogens is 1.